The van der Waals surface area contributed by atoms with E-state index in [0.717, 1.165) is 10.6 Å². The summed E-state index contributed by atoms with van der Waals surface area (Å²) in [5.41, 5.74) is 2.76. The highest BCUT2D eigenvalue weighted by molar-refractivity contribution is 6.30. The van der Waals surface area contributed by atoms with Gasteiger partial charge < -0.3 is 0 Å². The molecule has 0 radical (unpaired) electrons. The maximum absolute atomic E-state index is 13.0. The number of nitrogens with zero attached hydrogens (tertiary/aromatic N) is 4. The minimum Gasteiger partial charge on any atom is -0.277 e. The van der Waals surface area contributed by atoms with E-state index in [9.17, 15) is 9.59 Å². The summed E-state index contributed by atoms with van der Waals surface area (Å²) in [4.78, 5) is 30.0. The number of aromatic nitrogens is 3. The zero-order valence-corrected chi connectivity index (χ0v) is 16.9. The highest BCUT2D eigenvalue weighted by Crippen LogP contribution is 2.22. The summed E-state index contributed by atoms with van der Waals surface area (Å²) < 4.78 is 0. The first kappa shape index (κ1) is 20.2. The Labute approximate surface area is 183 Å². The number of imide groups is 1. The van der Waals surface area contributed by atoms with Crippen LogP contribution in [0.15, 0.2) is 90.4 Å². The molecular weight excluding hydrogens is 414 g/mol. The molecule has 0 saturated carbocycles. The summed E-state index contributed by atoms with van der Waals surface area (Å²) in [7, 11) is 0. The first-order valence-electron chi connectivity index (χ1n) is 9.30. The molecule has 2 aromatic carbocycles. The Morgan fingerprint density at radius 2 is 1.55 bits per heavy atom. The molecule has 152 valence electrons. The third-order valence-electron chi connectivity index (χ3n) is 4.45. The minimum absolute atomic E-state index is 0.293. The maximum Gasteiger partial charge on any atom is 0.281 e. The Morgan fingerprint density at radius 3 is 2.23 bits per heavy atom. The number of hydrogen-bond donors (Lipinski definition) is 1. The minimum atomic E-state index is -0.566. The molecule has 7 nitrogen and oxygen atoms in total. The monoisotopic (exact) mass is 429 g/mol. The van der Waals surface area contributed by atoms with E-state index < -0.39 is 11.8 Å². The molecule has 0 aliphatic carbocycles. The number of nitrogens with one attached hydrogen (secondary N) is 1. The van der Waals surface area contributed by atoms with Crippen LogP contribution in [0.1, 0.15) is 26.3 Å². The number of benzene rings is 2. The Bertz CT molecular complexity index is 1170. The van der Waals surface area contributed by atoms with Crippen LogP contribution in [-0.2, 0) is 0 Å². The lowest BCUT2D eigenvalue weighted by Crippen LogP contribution is -2.32. The molecule has 8 heteroatoms. The van der Waals surface area contributed by atoms with Crippen LogP contribution >= 0.6 is 11.6 Å². The third kappa shape index (κ3) is 4.57. The van der Waals surface area contributed by atoms with E-state index in [0.29, 0.717) is 27.4 Å². The summed E-state index contributed by atoms with van der Waals surface area (Å²) >= 11 is 5.96. The van der Waals surface area contributed by atoms with Gasteiger partial charge in [0.1, 0.15) is 0 Å². The number of halogens is 1. The number of pyridine rings is 1. The lowest BCUT2D eigenvalue weighted by Gasteiger charge is -2.15. The largest absolute Gasteiger partial charge is 0.281 e. The van der Waals surface area contributed by atoms with Crippen LogP contribution in [0, 0.1) is 0 Å². The molecular formula is C23H16ClN5O2. The number of hydrogen-bond acceptors (Lipinski definition) is 5. The van der Waals surface area contributed by atoms with Crippen molar-refractivity contribution in [3.05, 3.63) is 107 Å². The molecule has 31 heavy (non-hydrogen) atoms. The van der Waals surface area contributed by atoms with E-state index in [-0.39, 0.29) is 0 Å². The van der Waals surface area contributed by atoms with E-state index in [2.05, 4.69) is 20.3 Å². The molecule has 0 unspecified atom stereocenters. The molecule has 2 heterocycles. The predicted octanol–water partition coefficient (Wildman–Crippen LogP) is 4.44. The normalized spacial score (nSPS) is 10.9. The molecule has 4 aromatic rings. The van der Waals surface area contributed by atoms with Crippen molar-refractivity contribution >= 4 is 29.6 Å². The van der Waals surface area contributed by atoms with Crippen LogP contribution in [0.4, 0.5) is 0 Å². The molecule has 1 N–H and O–H groups in total. The molecule has 4 rings (SSSR count). The van der Waals surface area contributed by atoms with E-state index >= 15 is 0 Å². The van der Waals surface area contributed by atoms with Gasteiger partial charge in [0.25, 0.3) is 11.8 Å². The zero-order valence-electron chi connectivity index (χ0n) is 16.1. The van der Waals surface area contributed by atoms with Crippen LogP contribution in [-0.4, -0.2) is 38.2 Å². The number of amides is 2. The Balaban J connectivity index is 1.69. The third-order valence-corrected chi connectivity index (χ3v) is 4.70. The fourth-order valence-corrected chi connectivity index (χ4v) is 3.00. The number of rotatable bonds is 5. The first-order valence-corrected chi connectivity index (χ1v) is 9.68. The van der Waals surface area contributed by atoms with Crippen LogP contribution in [0.3, 0.4) is 0 Å². The average molecular weight is 430 g/mol. The predicted molar refractivity (Wildman–Crippen MR) is 118 cm³/mol. The van der Waals surface area contributed by atoms with Gasteiger partial charge in [-0.3, -0.25) is 19.7 Å². The molecule has 0 spiro atoms. The number of aromatic amines is 1. The van der Waals surface area contributed by atoms with Crippen molar-refractivity contribution in [3.63, 3.8) is 0 Å². The molecule has 0 aliphatic heterocycles. The summed E-state index contributed by atoms with van der Waals surface area (Å²) in [6.07, 6.45) is 5.95. The van der Waals surface area contributed by atoms with Crippen molar-refractivity contribution in [3.8, 4) is 11.3 Å². The molecule has 0 bridgehead atoms. The lowest BCUT2D eigenvalue weighted by atomic mass is 10.1. The van der Waals surface area contributed by atoms with E-state index in [1.54, 1.807) is 48.7 Å². The maximum atomic E-state index is 13.0. The Kier molecular flexibility index (Phi) is 5.96. The van der Waals surface area contributed by atoms with Crippen molar-refractivity contribution in [2.24, 2.45) is 5.10 Å². The summed E-state index contributed by atoms with van der Waals surface area (Å²) in [5.74, 6) is -1.11. The van der Waals surface area contributed by atoms with Gasteiger partial charge in [0.05, 0.1) is 18.1 Å². The molecule has 0 fully saturated rings. The molecule has 2 amide bonds. The van der Waals surface area contributed by atoms with Crippen LogP contribution in [0.25, 0.3) is 11.3 Å². The molecule has 0 aliphatic rings. The van der Waals surface area contributed by atoms with Crippen LogP contribution in [0.5, 0.6) is 0 Å². The second-order valence-electron chi connectivity index (χ2n) is 6.48. The van der Waals surface area contributed by atoms with Crippen molar-refractivity contribution in [2.75, 3.05) is 0 Å². The Hall–Kier alpha value is -4.10. The standard InChI is InChI=1S/C23H16ClN5O2/c24-20-8-6-16(7-9-20)21-19(14-26-28-21)15-27-29(22(30)17-4-2-1-3-5-17)23(31)18-10-12-25-13-11-18/h1-15H,(H,26,28). The van der Waals surface area contributed by atoms with Crippen LogP contribution < -0.4 is 0 Å². The second-order valence-corrected chi connectivity index (χ2v) is 6.91. The summed E-state index contributed by atoms with van der Waals surface area (Å²) in [6, 6.07) is 18.7. The van der Waals surface area contributed by atoms with Crippen molar-refractivity contribution in [2.45, 2.75) is 0 Å². The topological polar surface area (TPSA) is 91.3 Å². The van der Waals surface area contributed by atoms with Gasteiger partial charge in [-0.15, -0.1) is 0 Å². The second kappa shape index (κ2) is 9.15. The summed E-state index contributed by atoms with van der Waals surface area (Å²) in [5, 5.41) is 12.6. The highest BCUT2D eigenvalue weighted by Gasteiger charge is 2.24. The van der Waals surface area contributed by atoms with Crippen LogP contribution in [0.2, 0.25) is 5.02 Å². The van der Waals surface area contributed by atoms with E-state index in [1.807, 2.05) is 12.1 Å². The van der Waals surface area contributed by atoms with Gasteiger partial charge in [0, 0.05) is 39.7 Å². The SMILES string of the molecule is O=C(c1ccccc1)N(N=Cc1cn[nH]c1-c1ccc(Cl)cc1)C(=O)c1ccncc1. The average Bonchev–Trinajstić information content (AvgIpc) is 3.29. The quantitative estimate of drug-likeness (QED) is 0.288. The first-order chi connectivity index (χ1) is 15.1. The number of carbonyl (C=O) groups excluding carboxylic acids is 2. The van der Waals surface area contributed by atoms with Crippen molar-refractivity contribution < 1.29 is 9.59 Å². The fourth-order valence-electron chi connectivity index (χ4n) is 2.88. The lowest BCUT2D eigenvalue weighted by molar-refractivity contribution is 0.0622. The Morgan fingerprint density at radius 1 is 0.903 bits per heavy atom. The number of hydrazone groups is 1. The zero-order chi connectivity index (χ0) is 21.6. The summed E-state index contributed by atoms with van der Waals surface area (Å²) in [6.45, 7) is 0. The number of carbonyl (C=O) groups is 2. The number of H-pyrrole nitrogens is 1. The van der Waals surface area contributed by atoms with Crippen molar-refractivity contribution in [1.29, 1.82) is 0 Å². The van der Waals surface area contributed by atoms with Gasteiger partial charge in [-0.1, -0.05) is 41.9 Å². The smallest absolute Gasteiger partial charge is 0.277 e. The fraction of sp³-hybridized carbons (Fsp3) is 0. The highest BCUT2D eigenvalue weighted by atomic mass is 35.5. The van der Waals surface area contributed by atoms with E-state index in [4.69, 9.17) is 11.6 Å². The van der Waals surface area contributed by atoms with Gasteiger partial charge in [-0.25, -0.2) is 0 Å². The van der Waals surface area contributed by atoms with E-state index in [1.165, 1.54) is 30.7 Å². The molecule has 0 atom stereocenters. The molecule has 2 aromatic heterocycles. The van der Waals surface area contributed by atoms with Gasteiger partial charge in [-0.05, 0) is 36.4 Å². The molecule has 0 saturated heterocycles. The van der Waals surface area contributed by atoms with Gasteiger partial charge >= 0.3 is 0 Å². The van der Waals surface area contributed by atoms with Gasteiger partial charge in [0.15, 0.2) is 0 Å². The van der Waals surface area contributed by atoms with Crippen molar-refractivity contribution in [1.82, 2.24) is 20.2 Å². The van der Waals surface area contributed by atoms with Gasteiger partial charge in [-0.2, -0.15) is 15.2 Å². The van der Waals surface area contributed by atoms with Gasteiger partial charge in [0.2, 0.25) is 0 Å².